The lowest BCUT2D eigenvalue weighted by atomic mass is 9.87. The van der Waals surface area contributed by atoms with Crippen molar-refractivity contribution in [2.24, 2.45) is 0 Å². The molecule has 0 saturated heterocycles. The van der Waals surface area contributed by atoms with E-state index < -0.39 is 151 Å². The van der Waals surface area contributed by atoms with Crippen LogP contribution in [0.5, 0.6) is 11.5 Å². The summed E-state index contributed by atoms with van der Waals surface area (Å²) < 4.78 is 141. The molecule has 2 unspecified atom stereocenters. The Morgan fingerprint density at radius 1 is 0.427 bits per heavy atom. The van der Waals surface area contributed by atoms with Crippen LogP contribution in [0.4, 0.5) is 0 Å². The van der Waals surface area contributed by atoms with Gasteiger partial charge in [-0.1, -0.05) is 201 Å². The van der Waals surface area contributed by atoms with Crippen molar-refractivity contribution in [1.82, 2.24) is 0 Å². The number of carboxylic acid groups (broad SMARTS) is 11. The highest BCUT2D eigenvalue weighted by molar-refractivity contribution is 9.10. The van der Waals surface area contributed by atoms with Crippen molar-refractivity contribution in [2.75, 3.05) is 13.2 Å². The summed E-state index contributed by atoms with van der Waals surface area (Å²) in [5.41, 5.74) is 0.463. The predicted octanol–water partition coefficient (Wildman–Crippen LogP) is -2.62. The Balaban J connectivity index is 0.00000151. The van der Waals surface area contributed by atoms with E-state index in [4.69, 9.17) is 49.9 Å². The molecule has 9 aromatic carbocycles. The quantitative estimate of drug-likeness (QED) is 0.00630. The topological polar surface area (TPSA) is 765 Å². The van der Waals surface area contributed by atoms with Gasteiger partial charge in [-0.25, -0.2) is 38.5 Å². The molecule has 9 rings (SSSR count). The van der Waals surface area contributed by atoms with Crippen LogP contribution in [0.1, 0.15) is 135 Å². The third-order valence-electron chi connectivity index (χ3n) is 15.5. The summed E-state index contributed by atoms with van der Waals surface area (Å²) in [6.07, 6.45) is -1.33. The highest BCUT2D eigenvalue weighted by atomic mass is 79.9. The van der Waals surface area contributed by atoms with E-state index >= 15 is 0 Å². The van der Waals surface area contributed by atoms with Gasteiger partial charge in [-0.2, -0.15) is 4.33 Å². The van der Waals surface area contributed by atoms with E-state index in [1.165, 1.54) is 86.0 Å². The monoisotopic (exact) mass is 2000 g/mol. The number of rotatable bonds is 26. The Morgan fingerprint density at radius 2 is 0.771 bits per heavy atom. The van der Waals surface area contributed by atoms with Crippen LogP contribution >= 0.6 is 28.0 Å². The fourth-order valence-electron chi connectivity index (χ4n) is 9.45. The lowest BCUT2D eigenvalue weighted by molar-refractivity contribution is -0.777. The van der Waals surface area contributed by atoms with Crippen molar-refractivity contribution in [1.29, 1.82) is 0 Å². The van der Waals surface area contributed by atoms with Crippen LogP contribution < -0.4 is 60.7 Å². The van der Waals surface area contributed by atoms with Crippen LogP contribution in [0.15, 0.2) is 234 Å². The number of para-hydroxylation sites is 2. The number of aromatic carboxylic acids is 3. The number of aliphatic hydroxyl groups excluding tert-OH is 2. The number of carboxylic acids is 11. The number of benzene rings is 9. The van der Waals surface area contributed by atoms with Crippen LogP contribution in [0, 0.1) is 0 Å². The number of hydrogen-bond donors (Lipinski definition) is 4. The molecule has 0 heterocycles. The Kier molecular flexibility index (Phi) is 49.2. The summed E-state index contributed by atoms with van der Waals surface area (Å²) in [6.45, 7) is 19.2. The van der Waals surface area contributed by atoms with Gasteiger partial charge in [-0.15, -0.1) is 0 Å². The average molecular weight is 2010 g/mol. The first-order valence-corrected chi connectivity index (χ1v) is 44.3. The Morgan fingerprint density at radius 3 is 1.03 bits per heavy atom. The molecule has 0 aromatic heterocycles. The second kappa shape index (κ2) is 54.3. The Labute approximate surface area is 765 Å². The number of carbonyl (C=O) groups is 11. The predicted molar refractivity (Wildman–Crippen MR) is 438 cm³/mol. The first-order valence-electron chi connectivity index (χ1n) is 35.7. The molecule has 131 heavy (non-hydrogen) atoms. The van der Waals surface area contributed by atoms with Crippen molar-refractivity contribution in [2.45, 2.75) is 145 Å². The lowest BCUT2D eigenvalue weighted by Crippen LogP contribution is -2.31. The molecular formula is C83H80BrO41S6-13. The van der Waals surface area contributed by atoms with E-state index in [9.17, 15) is 136 Å². The third kappa shape index (κ3) is 45.6. The standard InChI is InChI=1S/C30H39S.C10H8O6S2.C10H10O6.C10H10O4.C8H5BrO4.C7H6O5S.C3H4O4.C2H6O8S2.C2H2O4.CH4/c1-28(2,3)22-10-16-25(17-11-22)31(26-18-12-23(13-19-26)29(4,5)6)27-20-14-24(15-21-27)30(7,8)9;11-17(12,13)9-5-1-3-7-8(9)4-2-6-10(7)18(14,15)16;11-9(12)5-15-7-3-1-2-4-8(7)16-6-10(13)14;11-9(12)5-7-2-1-3-8(4-7)6-10(13)14;9-6-2-1-4(7(10)11)3-5(6)8(12)13;8-7(9)5-1-3-6(4-2-5)13(10,11)12;4-2(5)1-3(6)7;3-1(11-10-9-5)2(4)12(6,7)8;3-1(4)2(5)6;/h10-21H,1-9H3;1-6H,(H,11,12,13)(H,14,15,16);1-4H,5-6H2,(H,11,12)(H,13,14);1-4H,5-6H2,(H,11,12)(H,13,14);1-3H,(H,10,11)(H,12,13);1-4H,(H,8,9)(H,10,11,12);1H2,(H,4,5)(H,6,7);1-5H,(H,6,7,8);(H,3,4)(H,5,6);1H4/q+1;;;;;;;;;/p-14. The number of aliphatic hydroxyl groups is 2. The normalized spacial score (nSPS) is 11.4. The molecule has 0 saturated carbocycles. The van der Waals surface area contributed by atoms with Crippen molar-refractivity contribution >= 4 is 156 Å². The molecule has 0 bridgehead atoms. The molecule has 0 spiro atoms. The maximum absolute atomic E-state index is 11.0. The van der Waals surface area contributed by atoms with E-state index in [2.05, 4.69) is 160 Å². The van der Waals surface area contributed by atoms with Gasteiger partial charge in [0, 0.05) is 45.6 Å². The highest BCUT2D eigenvalue weighted by Crippen LogP contribution is 2.37. The third-order valence-corrected chi connectivity index (χ3v) is 22.6. The van der Waals surface area contributed by atoms with Crippen LogP contribution in [0.25, 0.3) is 10.8 Å². The van der Waals surface area contributed by atoms with E-state index in [-0.39, 0.29) is 103 Å². The smallest absolute Gasteiger partial charge is 0.351 e. The molecule has 0 aliphatic carbocycles. The first-order chi connectivity index (χ1) is 59.7. The molecule has 0 amide bonds. The minimum atomic E-state index is -5.04. The molecular weight excluding hydrogens is 1930 g/mol. The van der Waals surface area contributed by atoms with Crippen LogP contribution in [0.2, 0.25) is 0 Å². The first kappa shape index (κ1) is 119. The zero-order valence-electron chi connectivity index (χ0n) is 69.0. The fourth-order valence-corrected chi connectivity index (χ4v) is 14.8. The number of ether oxygens (including phenoxy) is 2. The molecule has 0 aliphatic heterocycles. The summed E-state index contributed by atoms with van der Waals surface area (Å²) in [6, 6.07) is 54.7. The van der Waals surface area contributed by atoms with E-state index in [1.807, 2.05) is 0 Å². The minimum absolute atomic E-state index is 0. The molecule has 41 nitrogen and oxygen atoms in total. The molecule has 2 atom stereocenters. The van der Waals surface area contributed by atoms with Crippen LogP contribution in [0.3, 0.4) is 0 Å². The SMILES string of the molecule is C.CC(C)(C)c1ccc([S+](c2ccc(C(C)(C)C)cc2)c2ccc(C(C)(C)C)cc2)cc1.O=C([O-])C(=O)O.O=C([O-])CC(=O)O.O=C([O-])COc1ccccc1OCC(=O)[O-].O=C([O-])Cc1cccc(CC(=O)[O-])c1.O=C([O-])c1ccc(Br)c(C(=O)[O-])c1.O=C([O-])c1ccc(S(=O)(=O)[O-])cc1.O=S(=O)([O-])C(O)C(O)SOO[O-].O=S(=O)([O-])c1cccc2c(S(=O)(=O)[O-])cccc12. The van der Waals surface area contributed by atoms with Gasteiger partial charge in [0.2, 0.25) is 0 Å². The van der Waals surface area contributed by atoms with Gasteiger partial charge in [0.1, 0.15) is 53.7 Å². The fraction of sp³-hybridized carbons (Fsp3) is 0.241. The van der Waals surface area contributed by atoms with E-state index in [0.717, 1.165) is 42.5 Å². The van der Waals surface area contributed by atoms with Gasteiger partial charge < -0.3 is 142 Å². The number of aliphatic carboxylic acids is 8. The van der Waals surface area contributed by atoms with Gasteiger partial charge in [0.25, 0.3) is 0 Å². The summed E-state index contributed by atoms with van der Waals surface area (Å²) in [7, 11) is -19.1. The molecule has 0 fully saturated rings. The molecule has 0 aliphatic rings. The maximum atomic E-state index is 11.0. The van der Waals surface area contributed by atoms with E-state index in [1.54, 1.807) is 30.3 Å². The summed E-state index contributed by atoms with van der Waals surface area (Å²) >= 11 is 2.75. The summed E-state index contributed by atoms with van der Waals surface area (Å²) in [5, 5.41) is 134. The van der Waals surface area contributed by atoms with Crippen LogP contribution in [-0.4, -0.2) is 162 Å². The van der Waals surface area contributed by atoms with Gasteiger partial charge >= 0.3 is 11.9 Å². The van der Waals surface area contributed by atoms with E-state index in [0.29, 0.717) is 11.1 Å². The Hall–Kier alpha value is -12.4. The van der Waals surface area contributed by atoms with Gasteiger partial charge in [-0.05, 0) is 140 Å². The molecule has 4 N–H and O–H groups in total. The average Bonchev–Trinajstić information content (AvgIpc) is 0.771. The lowest BCUT2D eigenvalue weighted by Gasteiger charge is -2.21. The van der Waals surface area contributed by atoms with Crippen LogP contribution in [-0.2, 0) is 128 Å². The Bertz CT molecular complexity index is 5570. The van der Waals surface area contributed by atoms with Gasteiger partial charge in [0.15, 0.2) is 43.0 Å². The minimum Gasteiger partial charge on any atom is -0.746 e. The van der Waals surface area contributed by atoms with Gasteiger partial charge in [0.05, 0.1) is 79.9 Å². The highest BCUT2D eigenvalue weighted by Gasteiger charge is 2.31. The van der Waals surface area contributed by atoms with Crippen molar-refractivity contribution in [3.05, 3.63) is 249 Å². The van der Waals surface area contributed by atoms with Crippen molar-refractivity contribution in [3.63, 3.8) is 0 Å². The molecule has 9 aromatic rings. The molecule has 714 valence electrons. The number of hydrogen-bond acceptors (Lipinski definition) is 40. The second-order valence-corrected chi connectivity index (χ2v) is 37.6. The maximum Gasteiger partial charge on any atom is 0.351 e. The van der Waals surface area contributed by atoms with Crippen molar-refractivity contribution in [3.8, 4) is 11.5 Å². The summed E-state index contributed by atoms with van der Waals surface area (Å²) in [4.78, 5) is 111. The zero-order valence-corrected chi connectivity index (χ0v) is 75.4. The largest absolute Gasteiger partial charge is 0.746 e. The number of carbonyl (C=O) groups excluding carboxylic acids is 9. The molecule has 0 radical (unpaired) electrons. The second-order valence-electron chi connectivity index (χ2n) is 28.4. The summed E-state index contributed by atoms with van der Waals surface area (Å²) in [5.74, 6) is -16.1. The molecule has 48 heteroatoms. The van der Waals surface area contributed by atoms with Gasteiger partial charge in [-0.3, -0.25) is 9.83 Å². The van der Waals surface area contributed by atoms with Crippen molar-refractivity contribution < 1.29 is 195 Å². The number of halogens is 1. The number of fused-ring (bicyclic) bond motifs is 1. The zero-order chi connectivity index (χ0) is 100.0.